The van der Waals surface area contributed by atoms with Crippen LogP contribution in [0.4, 0.5) is 17.1 Å². The smallest absolute Gasteiger partial charge is 0.0899 e. The van der Waals surface area contributed by atoms with Gasteiger partial charge in [-0.25, -0.2) is 0 Å². The van der Waals surface area contributed by atoms with Crippen molar-refractivity contribution in [3.05, 3.63) is 17.7 Å². The predicted molar refractivity (Wildman–Crippen MR) is 54.0 cm³/mol. The first-order valence-corrected chi connectivity index (χ1v) is 3.52. The molecule has 0 amide bonds. The van der Waals surface area contributed by atoms with Crippen molar-refractivity contribution in [2.75, 3.05) is 5.73 Å². The second-order valence-corrected chi connectivity index (χ2v) is 2.51. The summed E-state index contributed by atoms with van der Waals surface area (Å²) in [6.45, 7) is 8.76. The van der Waals surface area contributed by atoms with Gasteiger partial charge in [0.25, 0.3) is 0 Å². The summed E-state index contributed by atoms with van der Waals surface area (Å²) in [7, 11) is 0. The van der Waals surface area contributed by atoms with E-state index in [1.165, 1.54) is 0 Å². The first-order valence-electron chi connectivity index (χ1n) is 3.52. The van der Waals surface area contributed by atoms with Crippen molar-refractivity contribution in [2.24, 2.45) is 9.98 Å². The van der Waals surface area contributed by atoms with Crippen LogP contribution in [-0.2, 0) is 0 Å². The fraction of sp³-hybridized carbons (Fsp3) is 0.111. The molecule has 0 heterocycles. The maximum atomic E-state index is 5.67. The monoisotopic (exact) mass is 161 g/mol. The van der Waals surface area contributed by atoms with Crippen LogP contribution in [0.5, 0.6) is 0 Å². The van der Waals surface area contributed by atoms with Crippen molar-refractivity contribution in [3.8, 4) is 0 Å². The highest BCUT2D eigenvalue weighted by molar-refractivity contribution is 5.73. The molecule has 0 aliphatic carbocycles. The molecule has 0 saturated heterocycles. The molecule has 1 rings (SSSR count). The average Bonchev–Trinajstić information content (AvgIpc) is 2.09. The van der Waals surface area contributed by atoms with E-state index in [4.69, 9.17) is 5.73 Å². The van der Waals surface area contributed by atoms with Gasteiger partial charge in [-0.2, -0.15) is 0 Å². The Morgan fingerprint density at radius 3 is 2.17 bits per heavy atom. The number of hydrogen-bond acceptors (Lipinski definition) is 3. The van der Waals surface area contributed by atoms with E-state index >= 15 is 0 Å². The highest BCUT2D eigenvalue weighted by atomic mass is 14.8. The van der Waals surface area contributed by atoms with Crippen LogP contribution >= 0.6 is 0 Å². The topological polar surface area (TPSA) is 50.7 Å². The molecule has 0 bridgehead atoms. The molecule has 0 aromatic heterocycles. The lowest BCUT2D eigenvalue weighted by atomic mass is 10.1. The van der Waals surface area contributed by atoms with Gasteiger partial charge in [-0.1, -0.05) is 0 Å². The Hall–Kier alpha value is -1.64. The van der Waals surface area contributed by atoms with Gasteiger partial charge in [-0.15, -0.1) is 0 Å². The Kier molecular flexibility index (Phi) is 2.24. The lowest BCUT2D eigenvalue weighted by Crippen LogP contribution is -1.88. The SMILES string of the molecule is C=Nc1cc(C)c(N)cc1N=C. The summed E-state index contributed by atoms with van der Waals surface area (Å²) in [4.78, 5) is 7.58. The Labute approximate surface area is 71.7 Å². The molecule has 0 aliphatic heterocycles. The van der Waals surface area contributed by atoms with Gasteiger partial charge in [0.15, 0.2) is 0 Å². The molecule has 3 nitrogen and oxygen atoms in total. The van der Waals surface area contributed by atoms with Crippen LogP contribution in [0.1, 0.15) is 5.56 Å². The third kappa shape index (κ3) is 1.34. The number of benzene rings is 1. The zero-order valence-corrected chi connectivity index (χ0v) is 7.04. The molecule has 0 atom stereocenters. The van der Waals surface area contributed by atoms with Gasteiger partial charge in [0.1, 0.15) is 0 Å². The maximum absolute atomic E-state index is 5.67. The average molecular weight is 161 g/mol. The number of hydrogen-bond donors (Lipinski definition) is 1. The van der Waals surface area contributed by atoms with Crippen molar-refractivity contribution < 1.29 is 0 Å². The molecule has 0 fully saturated rings. The first kappa shape index (κ1) is 8.46. The molecule has 1 aromatic carbocycles. The first-order chi connectivity index (χ1) is 5.69. The standard InChI is InChI=1S/C9H11N3/c1-6-4-8(11-2)9(12-3)5-7(6)10/h4-5H,2-3,10H2,1H3. The molecular weight excluding hydrogens is 150 g/mol. The van der Waals surface area contributed by atoms with Gasteiger partial charge in [0.2, 0.25) is 0 Å². The van der Waals surface area contributed by atoms with E-state index in [1.807, 2.05) is 13.0 Å². The van der Waals surface area contributed by atoms with Crippen LogP contribution in [0.3, 0.4) is 0 Å². The van der Waals surface area contributed by atoms with Gasteiger partial charge < -0.3 is 5.73 Å². The van der Waals surface area contributed by atoms with E-state index in [9.17, 15) is 0 Å². The molecule has 0 unspecified atom stereocenters. The minimum Gasteiger partial charge on any atom is -0.398 e. The van der Waals surface area contributed by atoms with Crippen LogP contribution in [0, 0.1) is 6.92 Å². The molecule has 0 spiro atoms. The third-order valence-electron chi connectivity index (χ3n) is 1.70. The lowest BCUT2D eigenvalue weighted by Gasteiger charge is -2.03. The number of nitrogens with two attached hydrogens (primary N) is 1. The van der Waals surface area contributed by atoms with Crippen molar-refractivity contribution in [1.29, 1.82) is 0 Å². The van der Waals surface area contributed by atoms with E-state index < -0.39 is 0 Å². The fourth-order valence-electron chi connectivity index (χ4n) is 0.951. The largest absolute Gasteiger partial charge is 0.398 e. The molecule has 1 aromatic rings. The zero-order chi connectivity index (χ0) is 9.14. The zero-order valence-electron chi connectivity index (χ0n) is 7.04. The highest BCUT2D eigenvalue weighted by Gasteiger charge is 2.01. The van der Waals surface area contributed by atoms with Crippen molar-refractivity contribution in [2.45, 2.75) is 6.92 Å². The Balaban J connectivity index is 3.37. The minimum atomic E-state index is 0.674. The van der Waals surface area contributed by atoms with E-state index in [0.29, 0.717) is 11.4 Å². The van der Waals surface area contributed by atoms with E-state index in [2.05, 4.69) is 23.4 Å². The normalized spacial score (nSPS) is 9.42. The predicted octanol–water partition coefficient (Wildman–Crippen LogP) is 2.24. The van der Waals surface area contributed by atoms with E-state index in [-0.39, 0.29) is 0 Å². The van der Waals surface area contributed by atoms with Gasteiger partial charge in [-0.3, -0.25) is 9.98 Å². The van der Waals surface area contributed by atoms with Crippen LogP contribution in [-0.4, -0.2) is 13.4 Å². The summed E-state index contributed by atoms with van der Waals surface area (Å²) in [6, 6.07) is 3.58. The second kappa shape index (κ2) is 3.17. The van der Waals surface area contributed by atoms with Crippen LogP contribution in [0.25, 0.3) is 0 Å². The molecule has 12 heavy (non-hydrogen) atoms. The summed E-state index contributed by atoms with van der Waals surface area (Å²) >= 11 is 0. The second-order valence-electron chi connectivity index (χ2n) is 2.51. The minimum absolute atomic E-state index is 0.674. The van der Waals surface area contributed by atoms with Gasteiger partial charge in [-0.05, 0) is 38.1 Å². The Morgan fingerprint density at radius 2 is 1.67 bits per heavy atom. The summed E-state index contributed by atoms with van der Waals surface area (Å²) in [6.07, 6.45) is 0. The third-order valence-corrected chi connectivity index (χ3v) is 1.70. The molecular formula is C9H11N3. The number of aliphatic imine (C=N–C) groups is 2. The summed E-state index contributed by atoms with van der Waals surface area (Å²) in [5, 5.41) is 0. The van der Waals surface area contributed by atoms with Crippen molar-refractivity contribution in [3.63, 3.8) is 0 Å². The summed E-state index contributed by atoms with van der Waals surface area (Å²) < 4.78 is 0. The molecule has 62 valence electrons. The summed E-state index contributed by atoms with van der Waals surface area (Å²) in [5.74, 6) is 0. The van der Waals surface area contributed by atoms with Crippen LogP contribution in [0.2, 0.25) is 0 Å². The van der Waals surface area contributed by atoms with Gasteiger partial charge >= 0.3 is 0 Å². The van der Waals surface area contributed by atoms with Crippen molar-refractivity contribution in [1.82, 2.24) is 0 Å². The number of aryl methyl sites for hydroxylation is 1. The van der Waals surface area contributed by atoms with Crippen LogP contribution in [0.15, 0.2) is 22.1 Å². The van der Waals surface area contributed by atoms with Crippen LogP contribution < -0.4 is 5.73 Å². The fourth-order valence-corrected chi connectivity index (χ4v) is 0.951. The quantitative estimate of drug-likeness (QED) is 0.524. The number of nitrogens with zero attached hydrogens (tertiary/aromatic N) is 2. The summed E-state index contributed by atoms with van der Waals surface area (Å²) in [5.41, 5.74) is 8.74. The number of nitrogen functional groups attached to an aromatic ring is 1. The number of anilines is 1. The van der Waals surface area contributed by atoms with E-state index in [0.717, 1.165) is 11.3 Å². The van der Waals surface area contributed by atoms with E-state index in [1.54, 1.807) is 6.07 Å². The Morgan fingerprint density at radius 1 is 1.17 bits per heavy atom. The maximum Gasteiger partial charge on any atom is 0.0899 e. The number of rotatable bonds is 2. The highest BCUT2D eigenvalue weighted by Crippen LogP contribution is 2.31. The molecule has 0 radical (unpaired) electrons. The molecule has 3 heteroatoms. The van der Waals surface area contributed by atoms with Gasteiger partial charge in [0.05, 0.1) is 11.4 Å². The lowest BCUT2D eigenvalue weighted by molar-refractivity contribution is 1.41. The Bertz CT molecular complexity index is 296. The molecule has 0 saturated carbocycles. The molecule has 0 aliphatic rings. The molecule has 2 N–H and O–H groups in total. The van der Waals surface area contributed by atoms with Crippen molar-refractivity contribution >= 4 is 30.5 Å². The van der Waals surface area contributed by atoms with Gasteiger partial charge in [0, 0.05) is 5.69 Å².